The molecule has 0 bridgehead atoms. The summed E-state index contributed by atoms with van der Waals surface area (Å²) in [7, 11) is 1.88. The molecule has 0 atom stereocenters. The van der Waals surface area contributed by atoms with Gasteiger partial charge in [-0.2, -0.15) is 0 Å². The lowest BCUT2D eigenvalue weighted by Crippen LogP contribution is -2.13. The number of hydrogen-bond acceptors (Lipinski definition) is 4. The number of nitrogens with zero attached hydrogens (tertiary/aromatic N) is 3. The second-order valence-electron chi connectivity index (χ2n) is 5.05. The number of hydrogen-bond donors (Lipinski definition) is 1. The molecule has 0 saturated heterocycles. The van der Waals surface area contributed by atoms with Crippen LogP contribution < -0.4 is 5.32 Å². The van der Waals surface area contributed by atoms with Crippen LogP contribution in [0.1, 0.15) is 19.3 Å². The van der Waals surface area contributed by atoms with Crippen molar-refractivity contribution in [1.29, 1.82) is 0 Å². The Morgan fingerprint density at radius 2 is 2.32 bits per heavy atom. The van der Waals surface area contributed by atoms with Crippen LogP contribution in [0.4, 0.5) is 5.69 Å². The minimum Gasteiger partial charge on any atom is -0.322 e. The molecular weight excluding hydrogens is 320 g/mol. The number of aryl methyl sites for hydroxylation is 1. The van der Waals surface area contributed by atoms with E-state index in [0.717, 1.165) is 34.9 Å². The molecule has 5 nitrogen and oxygen atoms in total. The molecule has 2 aromatic rings. The molecule has 7 heteroatoms. The quantitative estimate of drug-likeness (QED) is 0.926. The molecule has 114 valence electrons. The van der Waals surface area contributed by atoms with Crippen LogP contribution >= 0.6 is 23.4 Å². The first kappa shape index (κ1) is 15.1. The van der Waals surface area contributed by atoms with Crippen molar-refractivity contribution in [3.8, 4) is 0 Å². The Hall–Kier alpha value is -1.79. The lowest BCUT2D eigenvalue weighted by molar-refractivity contribution is -0.112. The zero-order valence-electron chi connectivity index (χ0n) is 12.0. The predicted molar refractivity (Wildman–Crippen MR) is 87.1 cm³/mol. The highest BCUT2D eigenvalue weighted by Crippen LogP contribution is 2.33. The van der Waals surface area contributed by atoms with E-state index in [1.807, 2.05) is 29.8 Å². The summed E-state index contributed by atoms with van der Waals surface area (Å²) in [4.78, 5) is 12.9. The van der Waals surface area contributed by atoms with Crippen LogP contribution in [-0.2, 0) is 11.8 Å². The van der Waals surface area contributed by atoms with Crippen molar-refractivity contribution in [3.63, 3.8) is 0 Å². The van der Waals surface area contributed by atoms with Crippen LogP contribution in [0.2, 0.25) is 5.02 Å². The van der Waals surface area contributed by atoms with Gasteiger partial charge in [0.25, 0.3) is 5.91 Å². The van der Waals surface area contributed by atoms with Crippen molar-refractivity contribution in [2.24, 2.45) is 7.05 Å². The Kier molecular flexibility index (Phi) is 4.49. The summed E-state index contributed by atoms with van der Waals surface area (Å²) in [5.74, 6) is -0.0396. The van der Waals surface area contributed by atoms with Gasteiger partial charge < -0.3 is 9.88 Å². The molecule has 0 saturated carbocycles. The van der Waals surface area contributed by atoms with Gasteiger partial charge in [0.2, 0.25) is 0 Å². The highest BCUT2D eigenvalue weighted by molar-refractivity contribution is 7.99. The van der Waals surface area contributed by atoms with E-state index < -0.39 is 0 Å². The van der Waals surface area contributed by atoms with Crippen LogP contribution in [0, 0.1) is 0 Å². The minimum atomic E-state index is -0.0396. The average Bonchev–Trinajstić information content (AvgIpc) is 3.14. The van der Waals surface area contributed by atoms with Gasteiger partial charge in [0.05, 0.1) is 5.02 Å². The summed E-state index contributed by atoms with van der Waals surface area (Å²) in [5, 5.41) is 12.1. The van der Waals surface area contributed by atoms with Gasteiger partial charge in [0, 0.05) is 23.2 Å². The van der Waals surface area contributed by atoms with Gasteiger partial charge in [-0.15, -0.1) is 10.2 Å². The summed E-state index contributed by atoms with van der Waals surface area (Å²) in [5.41, 5.74) is 1.55. The second-order valence-corrected chi connectivity index (χ2v) is 6.46. The third kappa shape index (κ3) is 3.34. The van der Waals surface area contributed by atoms with E-state index in [-0.39, 0.29) is 5.91 Å². The van der Waals surface area contributed by atoms with Crippen LogP contribution in [-0.4, -0.2) is 20.7 Å². The van der Waals surface area contributed by atoms with Crippen molar-refractivity contribution < 1.29 is 4.79 Å². The van der Waals surface area contributed by atoms with Crippen LogP contribution in [0.3, 0.4) is 0 Å². The maximum atomic E-state index is 12.1. The molecule has 1 aliphatic carbocycles. The Morgan fingerprint density at radius 3 is 2.95 bits per heavy atom. The zero-order chi connectivity index (χ0) is 15.5. The van der Waals surface area contributed by atoms with Gasteiger partial charge >= 0.3 is 0 Å². The Morgan fingerprint density at radius 1 is 1.45 bits per heavy atom. The molecule has 1 N–H and O–H groups in total. The number of nitrogens with one attached hydrogen (secondary N) is 1. The van der Waals surface area contributed by atoms with Crippen molar-refractivity contribution in [3.05, 3.63) is 41.2 Å². The standard InChI is InChI=1S/C15H15ClN4OS/c1-20-9-17-19-15(20)22-13-7-6-11(8-12(13)16)18-14(21)10-4-2-3-5-10/h4,6-9H,2-3,5H2,1H3,(H,18,21). The fourth-order valence-electron chi connectivity index (χ4n) is 2.21. The van der Waals surface area contributed by atoms with E-state index in [2.05, 4.69) is 15.5 Å². The first-order chi connectivity index (χ1) is 10.6. The lowest BCUT2D eigenvalue weighted by Gasteiger charge is -2.08. The molecule has 1 amide bonds. The van der Waals surface area contributed by atoms with Crippen LogP contribution in [0.15, 0.2) is 46.2 Å². The Bertz CT molecular complexity index is 741. The predicted octanol–water partition coefficient (Wildman–Crippen LogP) is 3.67. The fraction of sp³-hybridized carbons (Fsp3) is 0.267. The Balaban J connectivity index is 1.72. The molecule has 1 aromatic heterocycles. The van der Waals surface area contributed by atoms with Crippen molar-refractivity contribution in [2.45, 2.75) is 29.3 Å². The largest absolute Gasteiger partial charge is 0.322 e. The maximum absolute atomic E-state index is 12.1. The highest BCUT2D eigenvalue weighted by atomic mass is 35.5. The summed E-state index contributed by atoms with van der Waals surface area (Å²) in [6.45, 7) is 0. The monoisotopic (exact) mass is 334 g/mol. The molecule has 1 aliphatic rings. The summed E-state index contributed by atoms with van der Waals surface area (Å²) >= 11 is 7.73. The topological polar surface area (TPSA) is 59.8 Å². The van der Waals surface area contributed by atoms with E-state index in [1.54, 1.807) is 12.4 Å². The molecule has 0 aliphatic heterocycles. The van der Waals surface area contributed by atoms with E-state index in [0.29, 0.717) is 10.7 Å². The van der Waals surface area contributed by atoms with Crippen LogP contribution in [0.5, 0.6) is 0 Å². The Labute approximate surface area is 137 Å². The molecule has 0 unspecified atom stereocenters. The number of aromatic nitrogens is 3. The summed E-state index contributed by atoms with van der Waals surface area (Å²) in [6.07, 6.45) is 6.52. The molecule has 1 aromatic carbocycles. The second kappa shape index (κ2) is 6.54. The normalized spacial score (nSPS) is 14.0. The van der Waals surface area contributed by atoms with Gasteiger partial charge in [-0.25, -0.2) is 0 Å². The van der Waals surface area contributed by atoms with Gasteiger partial charge in [0.15, 0.2) is 5.16 Å². The zero-order valence-corrected chi connectivity index (χ0v) is 13.6. The molecule has 0 spiro atoms. The van der Waals surface area contributed by atoms with E-state index in [4.69, 9.17) is 11.6 Å². The van der Waals surface area contributed by atoms with E-state index in [1.165, 1.54) is 11.8 Å². The average molecular weight is 335 g/mol. The van der Waals surface area contributed by atoms with Gasteiger partial charge in [-0.1, -0.05) is 17.7 Å². The van der Waals surface area contributed by atoms with Crippen molar-refractivity contribution >= 4 is 35.0 Å². The summed E-state index contributed by atoms with van der Waals surface area (Å²) < 4.78 is 1.82. The number of amides is 1. The van der Waals surface area contributed by atoms with Gasteiger partial charge in [0.1, 0.15) is 6.33 Å². The molecule has 0 fully saturated rings. The summed E-state index contributed by atoms with van der Waals surface area (Å²) in [6, 6.07) is 5.48. The van der Waals surface area contributed by atoms with Crippen molar-refractivity contribution in [1.82, 2.24) is 14.8 Å². The number of rotatable bonds is 4. The minimum absolute atomic E-state index is 0.0396. The SMILES string of the molecule is Cn1cnnc1Sc1ccc(NC(=O)C2=CCCC2)cc1Cl. The fourth-order valence-corrected chi connectivity index (χ4v) is 3.28. The number of allylic oxidation sites excluding steroid dienone is 1. The highest BCUT2D eigenvalue weighted by Gasteiger charge is 2.14. The molecule has 1 heterocycles. The number of benzene rings is 1. The molecule has 22 heavy (non-hydrogen) atoms. The van der Waals surface area contributed by atoms with Crippen molar-refractivity contribution in [2.75, 3.05) is 5.32 Å². The smallest absolute Gasteiger partial charge is 0.251 e. The third-order valence-corrected chi connectivity index (χ3v) is 4.95. The first-order valence-corrected chi connectivity index (χ1v) is 8.15. The van der Waals surface area contributed by atoms with Gasteiger partial charge in [-0.3, -0.25) is 4.79 Å². The number of halogens is 1. The van der Waals surface area contributed by atoms with Gasteiger partial charge in [-0.05, 0) is 49.2 Å². The molecular formula is C15H15ClN4OS. The lowest BCUT2D eigenvalue weighted by atomic mass is 10.2. The number of carbonyl (C=O) groups is 1. The molecule has 0 radical (unpaired) electrons. The third-order valence-electron chi connectivity index (χ3n) is 3.39. The first-order valence-electron chi connectivity index (χ1n) is 6.95. The molecule has 3 rings (SSSR count). The maximum Gasteiger partial charge on any atom is 0.251 e. The number of carbonyl (C=O) groups excluding carboxylic acids is 1. The van der Waals surface area contributed by atoms with E-state index in [9.17, 15) is 4.79 Å². The number of anilines is 1. The van der Waals surface area contributed by atoms with Crippen LogP contribution in [0.25, 0.3) is 0 Å². The van der Waals surface area contributed by atoms with E-state index >= 15 is 0 Å².